The molecule has 21 heavy (non-hydrogen) atoms. The Balaban J connectivity index is 2.63. The maximum absolute atomic E-state index is 13.5. The summed E-state index contributed by atoms with van der Waals surface area (Å²) in [6.45, 7) is 1.41. The molecule has 0 spiro atoms. The van der Waals surface area contributed by atoms with Gasteiger partial charge in [0.1, 0.15) is 11.9 Å². The Morgan fingerprint density at radius 1 is 0.810 bits per heavy atom. The lowest BCUT2D eigenvalue weighted by Gasteiger charge is -2.15. The molecule has 2 aromatic carbocycles. The molecule has 112 valence electrons. The number of aryl methyl sites for hydroxylation is 1. The minimum absolute atomic E-state index is 0.198. The molecule has 0 bridgehead atoms. The van der Waals surface area contributed by atoms with Crippen LogP contribution in [-0.4, -0.2) is 5.11 Å². The maximum atomic E-state index is 13.5. The van der Waals surface area contributed by atoms with E-state index in [1.807, 2.05) is 0 Å². The normalized spacial score (nSPS) is 12.6. The minimum atomic E-state index is -2.32. The van der Waals surface area contributed by atoms with E-state index in [2.05, 4.69) is 0 Å². The van der Waals surface area contributed by atoms with E-state index >= 15 is 0 Å². The minimum Gasteiger partial charge on any atom is -0.383 e. The molecule has 0 aliphatic heterocycles. The average molecular weight is 306 g/mol. The lowest BCUT2D eigenvalue weighted by Crippen LogP contribution is -2.12. The zero-order valence-corrected chi connectivity index (χ0v) is 10.5. The van der Waals surface area contributed by atoms with Crippen molar-refractivity contribution in [1.29, 1.82) is 0 Å². The molecule has 1 unspecified atom stereocenters. The van der Waals surface area contributed by atoms with Gasteiger partial charge in [-0.25, -0.2) is 26.3 Å². The highest BCUT2D eigenvalue weighted by atomic mass is 19.2. The summed E-state index contributed by atoms with van der Waals surface area (Å²) in [7, 11) is 0. The van der Waals surface area contributed by atoms with Crippen molar-refractivity contribution < 1.29 is 31.4 Å². The first-order valence-electron chi connectivity index (χ1n) is 5.71. The van der Waals surface area contributed by atoms with Crippen molar-refractivity contribution in [1.82, 2.24) is 0 Å². The Morgan fingerprint density at radius 2 is 1.29 bits per heavy atom. The number of rotatable bonds is 2. The Morgan fingerprint density at radius 3 is 1.76 bits per heavy atom. The van der Waals surface area contributed by atoms with Crippen LogP contribution in [0.2, 0.25) is 0 Å². The third-order valence-electron chi connectivity index (χ3n) is 3.03. The van der Waals surface area contributed by atoms with Crippen molar-refractivity contribution in [2.45, 2.75) is 13.0 Å². The molecule has 0 aliphatic carbocycles. The van der Waals surface area contributed by atoms with Crippen LogP contribution in [0.3, 0.4) is 0 Å². The summed E-state index contributed by atoms with van der Waals surface area (Å²) >= 11 is 0. The van der Waals surface area contributed by atoms with Crippen LogP contribution in [0.15, 0.2) is 18.2 Å². The molecule has 0 aliphatic rings. The van der Waals surface area contributed by atoms with E-state index in [9.17, 15) is 31.4 Å². The summed E-state index contributed by atoms with van der Waals surface area (Å²) in [5, 5.41) is 9.81. The van der Waals surface area contributed by atoms with E-state index in [1.165, 1.54) is 13.0 Å². The fourth-order valence-electron chi connectivity index (χ4n) is 1.81. The van der Waals surface area contributed by atoms with Crippen molar-refractivity contribution in [3.63, 3.8) is 0 Å². The molecular weight excluding hydrogens is 298 g/mol. The predicted octanol–water partition coefficient (Wildman–Crippen LogP) is 3.91. The number of aliphatic hydroxyl groups excluding tert-OH is 1. The van der Waals surface area contributed by atoms with Gasteiger partial charge in [-0.05, 0) is 24.1 Å². The molecule has 2 aromatic rings. The molecule has 0 fully saturated rings. The van der Waals surface area contributed by atoms with E-state index < -0.39 is 46.6 Å². The quantitative estimate of drug-likeness (QED) is 0.507. The van der Waals surface area contributed by atoms with Crippen molar-refractivity contribution in [2.75, 3.05) is 0 Å². The largest absolute Gasteiger partial charge is 0.383 e. The Kier molecular flexibility index (Phi) is 3.95. The van der Waals surface area contributed by atoms with E-state index in [0.717, 1.165) is 12.1 Å². The maximum Gasteiger partial charge on any atom is 0.200 e. The van der Waals surface area contributed by atoms with Gasteiger partial charge in [0, 0.05) is 0 Å². The molecule has 1 nitrogen and oxygen atoms in total. The summed E-state index contributed by atoms with van der Waals surface area (Å²) in [5.74, 6) is -11.8. The average Bonchev–Trinajstić information content (AvgIpc) is 2.46. The van der Waals surface area contributed by atoms with Crippen LogP contribution < -0.4 is 0 Å². The fourth-order valence-corrected chi connectivity index (χ4v) is 1.81. The van der Waals surface area contributed by atoms with E-state index in [-0.39, 0.29) is 11.1 Å². The van der Waals surface area contributed by atoms with Gasteiger partial charge < -0.3 is 5.11 Å². The monoisotopic (exact) mass is 306 g/mol. The zero-order valence-electron chi connectivity index (χ0n) is 10.5. The standard InChI is InChI=1S/C14H8F6O/c1-5-2-3-6(4-7(5)15)14(21)8-9(16)11(18)13(20)12(19)10(8)17/h2-4,14,21H,1H3. The van der Waals surface area contributed by atoms with Crippen molar-refractivity contribution in [2.24, 2.45) is 0 Å². The Bertz CT molecular complexity index is 684. The van der Waals surface area contributed by atoms with Gasteiger partial charge in [0.05, 0.1) is 5.56 Å². The molecule has 0 heterocycles. The SMILES string of the molecule is Cc1ccc(C(O)c2c(F)c(F)c(F)c(F)c2F)cc1F. The highest BCUT2D eigenvalue weighted by Crippen LogP contribution is 2.31. The van der Waals surface area contributed by atoms with E-state index in [0.29, 0.717) is 0 Å². The predicted molar refractivity (Wildman–Crippen MR) is 61.4 cm³/mol. The Labute approximate surface area is 115 Å². The molecule has 0 saturated carbocycles. The van der Waals surface area contributed by atoms with Crippen LogP contribution in [0.1, 0.15) is 22.8 Å². The molecular formula is C14H8F6O. The molecule has 0 aromatic heterocycles. The summed E-state index contributed by atoms with van der Waals surface area (Å²) in [4.78, 5) is 0. The zero-order chi connectivity index (χ0) is 15.9. The third kappa shape index (κ3) is 2.49. The summed E-state index contributed by atoms with van der Waals surface area (Å²) in [6, 6.07) is 3.10. The van der Waals surface area contributed by atoms with Gasteiger partial charge in [0.25, 0.3) is 0 Å². The second-order valence-corrected chi connectivity index (χ2v) is 4.39. The topological polar surface area (TPSA) is 20.2 Å². The number of benzene rings is 2. The van der Waals surface area contributed by atoms with Crippen LogP contribution in [0, 0.1) is 41.8 Å². The van der Waals surface area contributed by atoms with Crippen molar-refractivity contribution in [3.05, 3.63) is 69.8 Å². The first kappa shape index (κ1) is 15.4. The number of hydrogen-bond donors (Lipinski definition) is 1. The molecule has 0 saturated heterocycles. The van der Waals surface area contributed by atoms with Gasteiger partial charge in [-0.15, -0.1) is 0 Å². The number of aliphatic hydroxyl groups is 1. The van der Waals surface area contributed by atoms with Crippen LogP contribution >= 0.6 is 0 Å². The van der Waals surface area contributed by atoms with Crippen LogP contribution in [-0.2, 0) is 0 Å². The van der Waals surface area contributed by atoms with Gasteiger partial charge in [0.15, 0.2) is 23.3 Å². The van der Waals surface area contributed by atoms with Gasteiger partial charge in [-0.3, -0.25) is 0 Å². The third-order valence-corrected chi connectivity index (χ3v) is 3.03. The van der Waals surface area contributed by atoms with Crippen molar-refractivity contribution in [3.8, 4) is 0 Å². The molecule has 0 radical (unpaired) electrons. The Hall–Kier alpha value is -2.02. The first-order valence-corrected chi connectivity index (χ1v) is 5.71. The second-order valence-electron chi connectivity index (χ2n) is 4.39. The smallest absolute Gasteiger partial charge is 0.200 e. The van der Waals surface area contributed by atoms with E-state index in [4.69, 9.17) is 0 Å². The summed E-state index contributed by atoms with van der Waals surface area (Å²) in [6.07, 6.45) is -2.19. The van der Waals surface area contributed by atoms with E-state index in [1.54, 1.807) is 0 Å². The first-order chi connectivity index (χ1) is 9.75. The van der Waals surface area contributed by atoms with Crippen LogP contribution in [0.25, 0.3) is 0 Å². The highest BCUT2D eigenvalue weighted by molar-refractivity contribution is 5.35. The van der Waals surface area contributed by atoms with Crippen LogP contribution in [0.4, 0.5) is 26.3 Å². The fraction of sp³-hybridized carbons (Fsp3) is 0.143. The molecule has 2 rings (SSSR count). The lowest BCUT2D eigenvalue weighted by atomic mass is 9.98. The molecule has 7 heteroatoms. The number of hydrogen-bond acceptors (Lipinski definition) is 1. The van der Waals surface area contributed by atoms with Gasteiger partial charge in [-0.2, -0.15) is 0 Å². The van der Waals surface area contributed by atoms with Gasteiger partial charge in [0.2, 0.25) is 5.82 Å². The number of halogens is 6. The van der Waals surface area contributed by atoms with Crippen LogP contribution in [0.5, 0.6) is 0 Å². The second kappa shape index (κ2) is 5.40. The van der Waals surface area contributed by atoms with Gasteiger partial charge in [-0.1, -0.05) is 12.1 Å². The van der Waals surface area contributed by atoms with Crippen molar-refractivity contribution >= 4 is 0 Å². The molecule has 1 atom stereocenters. The summed E-state index contributed by atoms with van der Waals surface area (Å²) < 4.78 is 79.5. The lowest BCUT2D eigenvalue weighted by molar-refractivity contribution is 0.202. The summed E-state index contributed by atoms with van der Waals surface area (Å²) in [5.41, 5.74) is -1.56. The highest BCUT2D eigenvalue weighted by Gasteiger charge is 2.30. The molecule has 0 amide bonds. The van der Waals surface area contributed by atoms with Gasteiger partial charge >= 0.3 is 0 Å². The molecule has 1 N–H and O–H groups in total.